The Hall–Kier alpha value is -1.84. The second-order valence-electron chi connectivity index (χ2n) is 3.29. The summed E-state index contributed by atoms with van der Waals surface area (Å²) < 4.78 is 31.7. The Kier molecular flexibility index (Phi) is 7.70. The van der Waals surface area contributed by atoms with Crippen molar-refractivity contribution >= 4 is 17.8 Å². The Morgan fingerprint density at radius 3 is 1.61 bits per heavy atom. The molecule has 0 rings (SSSR count). The van der Waals surface area contributed by atoms with Crippen LogP contribution in [0.2, 0.25) is 0 Å². The van der Waals surface area contributed by atoms with E-state index >= 15 is 0 Å². The van der Waals surface area contributed by atoms with Gasteiger partial charge in [0, 0.05) is 0 Å². The predicted octanol–water partition coefficient (Wildman–Crippen LogP) is -0.490. The van der Waals surface area contributed by atoms with E-state index in [9.17, 15) is 22.8 Å². The van der Waals surface area contributed by atoms with Crippen LogP contribution in [-0.2, 0) is 14.4 Å². The number of nitrogens with two attached hydrogens (primary N) is 1. The SMILES string of the molecule is CN(C)C(CC(N)=O)C(=O)O.O=C(O)C(F)(F)F. The van der Waals surface area contributed by atoms with Gasteiger partial charge in [0.15, 0.2) is 0 Å². The van der Waals surface area contributed by atoms with Crippen LogP contribution in [0.4, 0.5) is 13.2 Å². The minimum atomic E-state index is -5.08. The number of amides is 1. The molecule has 10 heteroatoms. The molecule has 0 radical (unpaired) electrons. The number of carbonyl (C=O) groups is 3. The van der Waals surface area contributed by atoms with Crippen molar-refractivity contribution in [2.45, 2.75) is 18.6 Å². The molecule has 18 heavy (non-hydrogen) atoms. The summed E-state index contributed by atoms with van der Waals surface area (Å²) in [6, 6.07) is -0.813. The van der Waals surface area contributed by atoms with Crippen molar-refractivity contribution in [3.05, 3.63) is 0 Å². The molecule has 0 aliphatic heterocycles. The zero-order chi connectivity index (χ0) is 15.1. The average molecular weight is 274 g/mol. The first kappa shape index (κ1) is 18.5. The minimum absolute atomic E-state index is 0.150. The molecule has 7 nitrogen and oxygen atoms in total. The van der Waals surface area contributed by atoms with E-state index in [1.807, 2.05) is 0 Å². The van der Waals surface area contributed by atoms with Crippen LogP contribution in [0.5, 0.6) is 0 Å². The van der Waals surface area contributed by atoms with Crippen molar-refractivity contribution in [1.29, 1.82) is 0 Å². The van der Waals surface area contributed by atoms with Gasteiger partial charge in [0.05, 0.1) is 6.42 Å². The number of carbonyl (C=O) groups excluding carboxylic acids is 1. The number of alkyl halides is 3. The molecule has 1 amide bonds. The summed E-state index contributed by atoms with van der Waals surface area (Å²) in [6.45, 7) is 0. The highest BCUT2D eigenvalue weighted by Gasteiger charge is 2.38. The number of halogens is 3. The molecule has 0 fully saturated rings. The van der Waals surface area contributed by atoms with Crippen molar-refractivity contribution in [1.82, 2.24) is 4.90 Å². The van der Waals surface area contributed by atoms with Gasteiger partial charge in [-0.15, -0.1) is 0 Å². The minimum Gasteiger partial charge on any atom is -0.480 e. The van der Waals surface area contributed by atoms with E-state index in [4.69, 9.17) is 20.7 Å². The summed E-state index contributed by atoms with van der Waals surface area (Å²) in [4.78, 5) is 31.1. The highest BCUT2D eigenvalue weighted by atomic mass is 19.4. The second kappa shape index (κ2) is 7.48. The third-order valence-electron chi connectivity index (χ3n) is 1.55. The molecule has 106 valence electrons. The standard InChI is InChI=1S/C6H12N2O3.C2HF3O2/c1-8(2)4(6(10)11)3-5(7)9;3-2(4,5)1(6)7/h4H,3H2,1-2H3,(H2,7,9)(H,10,11);(H,6,7). The Bertz CT molecular complexity index is 316. The number of hydrogen-bond donors (Lipinski definition) is 3. The van der Waals surface area contributed by atoms with Gasteiger partial charge in [-0.2, -0.15) is 13.2 Å². The summed E-state index contributed by atoms with van der Waals surface area (Å²) in [5.74, 6) is -4.40. The van der Waals surface area contributed by atoms with Crippen LogP contribution >= 0.6 is 0 Å². The number of aliphatic carboxylic acids is 2. The fourth-order valence-corrected chi connectivity index (χ4v) is 0.681. The van der Waals surface area contributed by atoms with E-state index in [0.717, 1.165) is 0 Å². The largest absolute Gasteiger partial charge is 0.490 e. The maximum absolute atomic E-state index is 10.6. The number of primary amides is 1. The molecule has 0 aromatic heterocycles. The van der Waals surface area contributed by atoms with Crippen LogP contribution in [0.25, 0.3) is 0 Å². The van der Waals surface area contributed by atoms with Crippen molar-refractivity contribution in [2.75, 3.05) is 14.1 Å². The zero-order valence-corrected chi connectivity index (χ0v) is 9.56. The third kappa shape index (κ3) is 9.39. The Morgan fingerprint density at radius 2 is 1.56 bits per heavy atom. The van der Waals surface area contributed by atoms with Crippen LogP contribution in [0.3, 0.4) is 0 Å². The van der Waals surface area contributed by atoms with Crippen molar-refractivity contribution < 1.29 is 37.8 Å². The monoisotopic (exact) mass is 274 g/mol. The average Bonchev–Trinajstić information content (AvgIpc) is 2.12. The van der Waals surface area contributed by atoms with E-state index < -0.39 is 30.1 Å². The lowest BCUT2D eigenvalue weighted by molar-refractivity contribution is -0.192. The van der Waals surface area contributed by atoms with Gasteiger partial charge in [-0.1, -0.05) is 0 Å². The normalized spacial score (nSPS) is 12.3. The Balaban J connectivity index is 0. The molecule has 0 saturated carbocycles. The molecule has 0 aromatic rings. The molecule has 0 aliphatic rings. The Labute approximate surface area is 100.0 Å². The lowest BCUT2D eigenvalue weighted by Gasteiger charge is -2.17. The number of rotatable bonds is 4. The highest BCUT2D eigenvalue weighted by molar-refractivity contribution is 5.83. The second-order valence-corrected chi connectivity index (χ2v) is 3.29. The predicted molar refractivity (Wildman–Crippen MR) is 52.6 cm³/mol. The van der Waals surface area contributed by atoms with E-state index in [-0.39, 0.29) is 6.42 Å². The van der Waals surface area contributed by atoms with Gasteiger partial charge >= 0.3 is 18.1 Å². The molecule has 1 unspecified atom stereocenters. The van der Waals surface area contributed by atoms with Crippen LogP contribution < -0.4 is 5.73 Å². The van der Waals surface area contributed by atoms with Gasteiger partial charge in [-0.05, 0) is 14.1 Å². The van der Waals surface area contributed by atoms with Gasteiger partial charge in [-0.3, -0.25) is 14.5 Å². The molecule has 4 N–H and O–H groups in total. The Morgan fingerprint density at radius 1 is 1.22 bits per heavy atom. The van der Waals surface area contributed by atoms with E-state index in [0.29, 0.717) is 0 Å². The molecule has 0 saturated heterocycles. The van der Waals surface area contributed by atoms with E-state index in [1.165, 1.54) is 4.90 Å². The molecule has 0 bridgehead atoms. The number of carboxylic acids is 2. The molecule has 1 atom stereocenters. The van der Waals surface area contributed by atoms with E-state index in [1.54, 1.807) is 14.1 Å². The van der Waals surface area contributed by atoms with Gasteiger partial charge in [0.1, 0.15) is 6.04 Å². The zero-order valence-electron chi connectivity index (χ0n) is 9.56. The lowest BCUT2D eigenvalue weighted by Crippen LogP contribution is -2.38. The smallest absolute Gasteiger partial charge is 0.480 e. The first-order valence-electron chi connectivity index (χ1n) is 4.37. The van der Waals surface area contributed by atoms with Gasteiger partial charge < -0.3 is 15.9 Å². The molecule has 0 aliphatic carbocycles. The quantitative estimate of drug-likeness (QED) is 0.636. The van der Waals surface area contributed by atoms with Crippen LogP contribution in [0, 0.1) is 0 Å². The van der Waals surface area contributed by atoms with Crippen LogP contribution in [-0.4, -0.2) is 59.3 Å². The van der Waals surface area contributed by atoms with Crippen LogP contribution in [0.1, 0.15) is 6.42 Å². The summed E-state index contributed by atoms with van der Waals surface area (Å²) in [7, 11) is 3.17. The fraction of sp³-hybridized carbons (Fsp3) is 0.625. The number of nitrogens with zero attached hydrogens (tertiary/aromatic N) is 1. The van der Waals surface area contributed by atoms with E-state index in [2.05, 4.69) is 0 Å². The number of likely N-dealkylation sites (N-methyl/N-ethyl adjacent to an activating group) is 1. The van der Waals surface area contributed by atoms with Gasteiger partial charge in [0.2, 0.25) is 5.91 Å². The third-order valence-corrected chi connectivity index (χ3v) is 1.55. The fourth-order valence-electron chi connectivity index (χ4n) is 0.681. The number of carboxylic acid groups (broad SMARTS) is 2. The molecular formula is C8H13F3N2O5. The lowest BCUT2D eigenvalue weighted by atomic mass is 10.2. The van der Waals surface area contributed by atoms with Crippen molar-refractivity contribution in [3.63, 3.8) is 0 Å². The van der Waals surface area contributed by atoms with Crippen LogP contribution in [0.15, 0.2) is 0 Å². The molecule has 0 spiro atoms. The highest BCUT2D eigenvalue weighted by Crippen LogP contribution is 2.13. The molecular weight excluding hydrogens is 261 g/mol. The summed E-state index contributed by atoms with van der Waals surface area (Å²) in [5, 5.41) is 15.7. The summed E-state index contributed by atoms with van der Waals surface area (Å²) in [5.41, 5.74) is 4.84. The molecule has 0 aromatic carbocycles. The van der Waals surface area contributed by atoms with Gasteiger partial charge in [-0.25, -0.2) is 4.79 Å². The first-order valence-corrected chi connectivity index (χ1v) is 4.37. The maximum Gasteiger partial charge on any atom is 0.490 e. The van der Waals surface area contributed by atoms with Crippen molar-refractivity contribution in [2.24, 2.45) is 5.73 Å². The van der Waals surface area contributed by atoms with Gasteiger partial charge in [0.25, 0.3) is 0 Å². The summed E-state index contributed by atoms with van der Waals surface area (Å²) in [6.07, 6.45) is -5.23. The first-order chi connectivity index (χ1) is 7.89. The maximum atomic E-state index is 10.6. The number of hydrogen-bond acceptors (Lipinski definition) is 4. The molecule has 0 heterocycles. The topological polar surface area (TPSA) is 121 Å². The van der Waals surface area contributed by atoms with Crippen molar-refractivity contribution in [3.8, 4) is 0 Å². The summed E-state index contributed by atoms with van der Waals surface area (Å²) >= 11 is 0.